The van der Waals surface area contributed by atoms with Crippen LogP contribution in [0.15, 0.2) is 24.3 Å². The van der Waals surface area contributed by atoms with Crippen LogP contribution in [0.1, 0.15) is 49.0 Å². The number of benzene rings is 1. The Hall–Kier alpha value is -1.84. The molecule has 0 heterocycles. The van der Waals surface area contributed by atoms with E-state index in [1.807, 2.05) is 25.1 Å². The second-order valence-electron chi connectivity index (χ2n) is 5.85. The van der Waals surface area contributed by atoms with Crippen molar-refractivity contribution in [2.75, 3.05) is 6.54 Å². The van der Waals surface area contributed by atoms with Crippen LogP contribution in [0.25, 0.3) is 0 Å². The van der Waals surface area contributed by atoms with Crippen LogP contribution >= 0.6 is 0 Å². The van der Waals surface area contributed by atoms with Gasteiger partial charge in [0.2, 0.25) is 0 Å². The average molecular weight is 291 g/mol. The molecule has 0 aliphatic rings. The molecule has 0 saturated carbocycles. The standard InChI is InChI=1S/C17H25NO3/c1-12(2)14(7-8-16(19)20)9-10-18-17(21)15-6-4-5-13(3)11-15/h4-6,11-12,14H,7-10H2,1-3H3,(H,18,21)(H,19,20). The first-order valence-corrected chi connectivity index (χ1v) is 7.46. The highest BCUT2D eigenvalue weighted by atomic mass is 16.4. The molecule has 1 unspecified atom stereocenters. The van der Waals surface area contributed by atoms with Gasteiger partial charge >= 0.3 is 5.97 Å². The van der Waals surface area contributed by atoms with Crippen molar-refractivity contribution in [3.05, 3.63) is 35.4 Å². The molecule has 1 rings (SSSR count). The number of rotatable bonds is 8. The van der Waals surface area contributed by atoms with Crippen molar-refractivity contribution in [1.29, 1.82) is 0 Å². The van der Waals surface area contributed by atoms with Crippen molar-refractivity contribution in [1.82, 2.24) is 5.32 Å². The first-order chi connectivity index (χ1) is 9.90. The molecule has 21 heavy (non-hydrogen) atoms. The van der Waals surface area contributed by atoms with Gasteiger partial charge in [-0.05, 0) is 43.7 Å². The van der Waals surface area contributed by atoms with Crippen molar-refractivity contribution in [2.45, 2.75) is 40.0 Å². The predicted molar refractivity (Wildman–Crippen MR) is 83.3 cm³/mol. The molecule has 1 aromatic carbocycles. The fraction of sp³-hybridized carbons (Fsp3) is 0.529. The Balaban J connectivity index is 2.43. The third-order valence-electron chi connectivity index (χ3n) is 3.75. The van der Waals surface area contributed by atoms with Crippen LogP contribution in [-0.2, 0) is 4.79 Å². The molecule has 0 bridgehead atoms. The molecule has 1 atom stereocenters. The van der Waals surface area contributed by atoms with Crippen molar-refractivity contribution >= 4 is 11.9 Å². The van der Waals surface area contributed by atoms with Crippen LogP contribution in [0.3, 0.4) is 0 Å². The van der Waals surface area contributed by atoms with Gasteiger partial charge in [-0.15, -0.1) is 0 Å². The Morgan fingerprint density at radius 2 is 1.95 bits per heavy atom. The zero-order valence-corrected chi connectivity index (χ0v) is 13.1. The SMILES string of the molecule is Cc1cccc(C(=O)NCCC(CCC(=O)O)C(C)C)c1. The monoisotopic (exact) mass is 291 g/mol. The zero-order valence-electron chi connectivity index (χ0n) is 13.1. The number of hydrogen-bond donors (Lipinski definition) is 2. The summed E-state index contributed by atoms with van der Waals surface area (Å²) < 4.78 is 0. The Kier molecular flexibility index (Phi) is 6.92. The second-order valence-corrected chi connectivity index (χ2v) is 5.85. The predicted octanol–water partition coefficient (Wildman–Crippen LogP) is 3.25. The normalized spacial score (nSPS) is 12.2. The minimum absolute atomic E-state index is 0.0700. The van der Waals surface area contributed by atoms with E-state index in [4.69, 9.17) is 5.11 Å². The summed E-state index contributed by atoms with van der Waals surface area (Å²) in [5.74, 6) is -0.0944. The zero-order chi connectivity index (χ0) is 15.8. The molecule has 0 spiro atoms. The van der Waals surface area contributed by atoms with Crippen molar-refractivity contribution < 1.29 is 14.7 Å². The van der Waals surface area contributed by atoms with Crippen LogP contribution in [0.2, 0.25) is 0 Å². The average Bonchev–Trinajstić information content (AvgIpc) is 2.41. The lowest BCUT2D eigenvalue weighted by molar-refractivity contribution is -0.137. The highest BCUT2D eigenvalue weighted by molar-refractivity contribution is 5.94. The van der Waals surface area contributed by atoms with E-state index < -0.39 is 5.97 Å². The van der Waals surface area contributed by atoms with E-state index in [0.717, 1.165) is 12.0 Å². The molecule has 116 valence electrons. The summed E-state index contributed by atoms with van der Waals surface area (Å²) in [6, 6.07) is 7.48. The first-order valence-electron chi connectivity index (χ1n) is 7.46. The lowest BCUT2D eigenvalue weighted by atomic mass is 9.88. The maximum Gasteiger partial charge on any atom is 0.303 e. The Bertz CT molecular complexity index is 483. The molecule has 1 aromatic rings. The van der Waals surface area contributed by atoms with Crippen LogP contribution in [0, 0.1) is 18.8 Å². The lowest BCUT2D eigenvalue weighted by Crippen LogP contribution is -2.27. The summed E-state index contributed by atoms with van der Waals surface area (Å²) in [5, 5.41) is 11.7. The van der Waals surface area contributed by atoms with Crippen molar-refractivity contribution in [2.24, 2.45) is 11.8 Å². The van der Waals surface area contributed by atoms with E-state index in [2.05, 4.69) is 19.2 Å². The Labute approximate surface area is 126 Å². The van der Waals surface area contributed by atoms with Gasteiger partial charge in [-0.25, -0.2) is 0 Å². The number of hydrogen-bond acceptors (Lipinski definition) is 2. The van der Waals surface area contributed by atoms with Gasteiger partial charge in [0.25, 0.3) is 5.91 Å². The largest absolute Gasteiger partial charge is 0.481 e. The summed E-state index contributed by atoms with van der Waals surface area (Å²) in [5.41, 5.74) is 1.73. The lowest BCUT2D eigenvalue weighted by Gasteiger charge is -2.20. The smallest absolute Gasteiger partial charge is 0.303 e. The van der Waals surface area contributed by atoms with Gasteiger partial charge in [-0.1, -0.05) is 31.5 Å². The summed E-state index contributed by atoms with van der Waals surface area (Å²) in [6.45, 7) is 6.72. The van der Waals surface area contributed by atoms with E-state index in [-0.39, 0.29) is 12.3 Å². The van der Waals surface area contributed by atoms with E-state index >= 15 is 0 Å². The molecule has 1 amide bonds. The number of aryl methyl sites for hydroxylation is 1. The minimum atomic E-state index is -0.760. The molecule has 2 N–H and O–H groups in total. The minimum Gasteiger partial charge on any atom is -0.481 e. The van der Waals surface area contributed by atoms with E-state index in [1.54, 1.807) is 6.07 Å². The Morgan fingerprint density at radius 3 is 2.52 bits per heavy atom. The number of nitrogens with one attached hydrogen (secondary N) is 1. The van der Waals surface area contributed by atoms with Gasteiger partial charge in [0.05, 0.1) is 0 Å². The molecule has 0 aliphatic heterocycles. The Morgan fingerprint density at radius 1 is 1.24 bits per heavy atom. The number of amides is 1. The molecule has 0 aromatic heterocycles. The van der Waals surface area contributed by atoms with Gasteiger partial charge < -0.3 is 10.4 Å². The fourth-order valence-electron chi connectivity index (χ4n) is 2.38. The number of carboxylic acid groups (broad SMARTS) is 1. The first kappa shape index (κ1) is 17.2. The van der Waals surface area contributed by atoms with Gasteiger partial charge in [-0.3, -0.25) is 9.59 Å². The molecular formula is C17H25NO3. The molecule has 0 saturated heterocycles. The summed E-state index contributed by atoms with van der Waals surface area (Å²) in [4.78, 5) is 22.7. The van der Waals surface area contributed by atoms with Crippen molar-refractivity contribution in [3.8, 4) is 0 Å². The van der Waals surface area contributed by atoms with Crippen LogP contribution in [0.4, 0.5) is 0 Å². The molecule has 0 aliphatic carbocycles. The van der Waals surface area contributed by atoms with Crippen molar-refractivity contribution in [3.63, 3.8) is 0 Å². The van der Waals surface area contributed by atoms with Crippen LogP contribution < -0.4 is 5.32 Å². The maximum atomic E-state index is 12.0. The van der Waals surface area contributed by atoms with E-state index in [9.17, 15) is 9.59 Å². The molecular weight excluding hydrogens is 266 g/mol. The van der Waals surface area contributed by atoms with Gasteiger partial charge in [0, 0.05) is 18.5 Å². The number of carboxylic acids is 1. The fourth-order valence-corrected chi connectivity index (χ4v) is 2.38. The summed E-state index contributed by atoms with van der Waals surface area (Å²) in [7, 11) is 0. The molecule has 0 radical (unpaired) electrons. The number of aliphatic carboxylic acids is 1. The quantitative estimate of drug-likeness (QED) is 0.772. The molecule has 4 nitrogen and oxygen atoms in total. The van der Waals surface area contributed by atoms with Crippen LogP contribution in [0.5, 0.6) is 0 Å². The number of carbonyl (C=O) groups is 2. The highest BCUT2D eigenvalue weighted by Crippen LogP contribution is 2.20. The van der Waals surface area contributed by atoms with Gasteiger partial charge in [0.15, 0.2) is 0 Å². The number of carbonyl (C=O) groups excluding carboxylic acids is 1. The van der Waals surface area contributed by atoms with E-state index in [0.29, 0.717) is 30.4 Å². The van der Waals surface area contributed by atoms with Crippen LogP contribution in [-0.4, -0.2) is 23.5 Å². The van der Waals surface area contributed by atoms with Gasteiger partial charge in [0.1, 0.15) is 0 Å². The topological polar surface area (TPSA) is 66.4 Å². The van der Waals surface area contributed by atoms with Gasteiger partial charge in [-0.2, -0.15) is 0 Å². The summed E-state index contributed by atoms with van der Waals surface area (Å²) in [6.07, 6.45) is 1.66. The van der Waals surface area contributed by atoms with E-state index in [1.165, 1.54) is 0 Å². The third kappa shape index (κ3) is 6.43. The highest BCUT2D eigenvalue weighted by Gasteiger charge is 2.15. The molecule has 0 fully saturated rings. The third-order valence-corrected chi connectivity index (χ3v) is 3.75. The maximum absolute atomic E-state index is 12.0. The second kappa shape index (κ2) is 8.45. The summed E-state index contributed by atoms with van der Waals surface area (Å²) >= 11 is 0. The molecule has 4 heteroatoms.